The van der Waals surface area contributed by atoms with Crippen LogP contribution in [0.3, 0.4) is 0 Å². The largest absolute Gasteiger partial charge is 0.244 e. The number of hydrogen-bond acceptors (Lipinski definition) is 1. The maximum absolute atomic E-state index is 5.68. The molecule has 0 N–H and O–H groups in total. The van der Waals surface area contributed by atoms with Crippen molar-refractivity contribution in [3.05, 3.63) is 29.0 Å². The standard InChI is InChI=1S/C10H14ClN/c1-7(2)8(3)9-4-5-10(11)12-6-9/h4-8H,1-3H3/t8-/m0/s1. The minimum absolute atomic E-state index is 0.551. The van der Waals surface area contributed by atoms with Crippen LogP contribution in [0.2, 0.25) is 5.15 Å². The first-order valence-corrected chi connectivity index (χ1v) is 4.60. The van der Waals surface area contributed by atoms with Gasteiger partial charge in [0.05, 0.1) is 0 Å². The van der Waals surface area contributed by atoms with E-state index in [4.69, 9.17) is 11.6 Å². The molecule has 1 heterocycles. The third kappa shape index (κ3) is 2.21. The van der Waals surface area contributed by atoms with E-state index in [9.17, 15) is 0 Å². The average molecular weight is 184 g/mol. The highest BCUT2D eigenvalue weighted by atomic mass is 35.5. The predicted octanol–water partition coefficient (Wildman–Crippen LogP) is 3.49. The Morgan fingerprint density at radius 2 is 1.92 bits per heavy atom. The number of halogens is 1. The molecule has 0 aliphatic heterocycles. The second-order valence-electron chi connectivity index (χ2n) is 3.45. The van der Waals surface area contributed by atoms with Gasteiger partial charge < -0.3 is 0 Å². The summed E-state index contributed by atoms with van der Waals surface area (Å²) < 4.78 is 0. The van der Waals surface area contributed by atoms with Crippen LogP contribution in [0.25, 0.3) is 0 Å². The molecule has 0 aliphatic carbocycles. The maximum Gasteiger partial charge on any atom is 0.129 e. The maximum atomic E-state index is 5.68. The summed E-state index contributed by atoms with van der Waals surface area (Å²) in [5.41, 5.74) is 1.26. The summed E-state index contributed by atoms with van der Waals surface area (Å²) in [5, 5.41) is 0.565. The Hall–Kier alpha value is -0.560. The van der Waals surface area contributed by atoms with E-state index >= 15 is 0 Å². The fraction of sp³-hybridized carbons (Fsp3) is 0.500. The molecule has 0 unspecified atom stereocenters. The topological polar surface area (TPSA) is 12.9 Å². The normalized spacial score (nSPS) is 13.4. The molecule has 1 atom stereocenters. The molecule has 2 heteroatoms. The number of pyridine rings is 1. The number of rotatable bonds is 2. The summed E-state index contributed by atoms with van der Waals surface area (Å²) in [6.45, 7) is 6.62. The summed E-state index contributed by atoms with van der Waals surface area (Å²) in [4.78, 5) is 4.05. The molecule has 0 bridgehead atoms. The summed E-state index contributed by atoms with van der Waals surface area (Å²) >= 11 is 5.68. The second kappa shape index (κ2) is 3.90. The van der Waals surface area contributed by atoms with Crippen molar-refractivity contribution in [2.24, 2.45) is 5.92 Å². The monoisotopic (exact) mass is 183 g/mol. The molecule has 66 valence electrons. The van der Waals surface area contributed by atoms with Crippen molar-refractivity contribution in [3.63, 3.8) is 0 Å². The van der Waals surface area contributed by atoms with Gasteiger partial charge in [0.1, 0.15) is 5.15 Å². The Kier molecular flexibility index (Phi) is 3.10. The zero-order valence-electron chi connectivity index (χ0n) is 7.71. The minimum Gasteiger partial charge on any atom is -0.244 e. The quantitative estimate of drug-likeness (QED) is 0.640. The van der Waals surface area contributed by atoms with Gasteiger partial charge in [-0.25, -0.2) is 4.98 Å². The molecule has 0 saturated carbocycles. The van der Waals surface area contributed by atoms with Crippen molar-refractivity contribution in [1.82, 2.24) is 4.98 Å². The summed E-state index contributed by atoms with van der Waals surface area (Å²) in [7, 11) is 0. The van der Waals surface area contributed by atoms with Crippen molar-refractivity contribution in [1.29, 1.82) is 0 Å². The number of aromatic nitrogens is 1. The van der Waals surface area contributed by atoms with E-state index in [-0.39, 0.29) is 0 Å². The highest BCUT2D eigenvalue weighted by Crippen LogP contribution is 2.23. The van der Waals surface area contributed by atoms with Gasteiger partial charge >= 0.3 is 0 Å². The lowest BCUT2D eigenvalue weighted by molar-refractivity contribution is 0.534. The lowest BCUT2D eigenvalue weighted by Crippen LogP contribution is -2.01. The first-order chi connectivity index (χ1) is 5.61. The van der Waals surface area contributed by atoms with Crippen LogP contribution < -0.4 is 0 Å². The van der Waals surface area contributed by atoms with Crippen LogP contribution in [0.15, 0.2) is 18.3 Å². The van der Waals surface area contributed by atoms with E-state index in [0.717, 1.165) is 0 Å². The first-order valence-electron chi connectivity index (χ1n) is 4.22. The van der Waals surface area contributed by atoms with Gasteiger partial charge in [0.15, 0.2) is 0 Å². The van der Waals surface area contributed by atoms with Crippen molar-refractivity contribution in [2.75, 3.05) is 0 Å². The Morgan fingerprint density at radius 3 is 2.33 bits per heavy atom. The third-order valence-electron chi connectivity index (χ3n) is 2.28. The van der Waals surface area contributed by atoms with E-state index in [1.54, 1.807) is 0 Å². The average Bonchev–Trinajstić information content (AvgIpc) is 2.04. The third-order valence-corrected chi connectivity index (χ3v) is 2.50. The van der Waals surface area contributed by atoms with Crippen molar-refractivity contribution in [3.8, 4) is 0 Å². The summed E-state index contributed by atoms with van der Waals surface area (Å²) in [6, 6.07) is 3.88. The Morgan fingerprint density at radius 1 is 1.25 bits per heavy atom. The predicted molar refractivity (Wildman–Crippen MR) is 52.5 cm³/mol. The smallest absolute Gasteiger partial charge is 0.129 e. The van der Waals surface area contributed by atoms with Crippen LogP contribution in [-0.4, -0.2) is 4.98 Å². The molecule has 0 aromatic carbocycles. The first kappa shape index (κ1) is 9.53. The summed E-state index contributed by atoms with van der Waals surface area (Å²) in [5.74, 6) is 1.20. The van der Waals surface area contributed by atoms with Crippen LogP contribution >= 0.6 is 11.6 Å². The van der Waals surface area contributed by atoms with Gasteiger partial charge in [0.2, 0.25) is 0 Å². The molecular weight excluding hydrogens is 170 g/mol. The molecular formula is C10H14ClN. The van der Waals surface area contributed by atoms with Crippen LogP contribution in [0.4, 0.5) is 0 Å². The van der Waals surface area contributed by atoms with E-state index < -0.39 is 0 Å². The van der Waals surface area contributed by atoms with Crippen molar-refractivity contribution < 1.29 is 0 Å². The molecule has 0 fully saturated rings. The molecule has 1 aromatic heterocycles. The Bertz CT molecular complexity index is 241. The van der Waals surface area contributed by atoms with Gasteiger partial charge in [0.25, 0.3) is 0 Å². The molecule has 1 aromatic rings. The fourth-order valence-electron chi connectivity index (χ4n) is 1.04. The lowest BCUT2D eigenvalue weighted by atomic mass is 9.92. The van der Waals surface area contributed by atoms with Gasteiger partial charge in [0, 0.05) is 6.20 Å². The number of nitrogens with zero attached hydrogens (tertiary/aromatic N) is 1. The molecule has 1 rings (SSSR count). The highest BCUT2D eigenvalue weighted by molar-refractivity contribution is 6.29. The molecule has 0 saturated heterocycles. The van der Waals surface area contributed by atoms with Crippen LogP contribution in [0, 0.1) is 5.92 Å². The van der Waals surface area contributed by atoms with Gasteiger partial charge in [-0.1, -0.05) is 38.4 Å². The molecule has 12 heavy (non-hydrogen) atoms. The zero-order valence-corrected chi connectivity index (χ0v) is 8.47. The molecule has 0 aliphatic rings. The number of hydrogen-bond donors (Lipinski definition) is 0. The van der Waals surface area contributed by atoms with E-state index in [1.807, 2.05) is 18.3 Å². The van der Waals surface area contributed by atoms with Gasteiger partial charge in [-0.15, -0.1) is 0 Å². The fourth-order valence-corrected chi connectivity index (χ4v) is 1.15. The van der Waals surface area contributed by atoms with Crippen LogP contribution in [0.5, 0.6) is 0 Å². The van der Waals surface area contributed by atoms with Crippen molar-refractivity contribution in [2.45, 2.75) is 26.7 Å². The van der Waals surface area contributed by atoms with Gasteiger partial charge in [-0.2, -0.15) is 0 Å². The Labute approximate surface area is 78.8 Å². The zero-order chi connectivity index (χ0) is 9.14. The Balaban J connectivity index is 2.82. The lowest BCUT2D eigenvalue weighted by Gasteiger charge is -2.14. The molecule has 0 spiro atoms. The van der Waals surface area contributed by atoms with Gasteiger partial charge in [-0.05, 0) is 23.5 Å². The summed E-state index contributed by atoms with van der Waals surface area (Å²) in [6.07, 6.45) is 1.85. The molecule has 0 radical (unpaired) electrons. The van der Waals surface area contributed by atoms with Crippen LogP contribution in [-0.2, 0) is 0 Å². The van der Waals surface area contributed by atoms with Gasteiger partial charge in [-0.3, -0.25) is 0 Å². The van der Waals surface area contributed by atoms with E-state index in [2.05, 4.69) is 25.8 Å². The minimum atomic E-state index is 0.551. The van der Waals surface area contributed by atoms with E-state index in [0.29, 0.717) is 17.0 Å². The van der Waals surface area contributed by atoms with Crippen molar-refractivity contribution >= 4 is 11.6 Å². The van der Waals surface area contributed by atoms with E-state index in [1.165, 1.54) is 5.56 Å². The second-order valence-corrected chi connectivity index (χ2v) is 3.83. The van der Waals surface area contributed by atoms with Crippen LogP contribution in [0.1, 0.15) is 32.3 Å². The SMILES string of the molecule is CC(C)[C@H](C)c1ccc(Cl)nc1. The highest BCUT2D eigenvalue weighted by Gasteiger charge is 2.09. The molecule has 0 amide bonds. The molecule has 1 nitrogen and oxygen atoms in total.